The predicted octanol–water partition coefficient (Wildman–Crippen LogP) is 14.2. The number of hydrogen-bond donors (Lipinski definition) is 0. The van der Waals surface area contributed by atoms with Crippen LogP contribution in [0.15, 0.2) is 184 Å². The third-order valence-electron chi connectivity index (χ3n) is 10.6. The summed E-state index contributed by atoms with van der Waals surface area (Å²) in [5.74, 6) is 0. The first-order chi connectivity index (χ1) is 25.5. The molecular weight excluding hydrogens is 625 g/mol. The number of fused-ring (bicyclic) bond motifs is 3. The molecule has 0 aliphatic heterocycles. The lowest BCUT2D eigenvalue weighted by Crippen LogP contribution is -2.28. The average molecular weight is 669 g/mol. The van der Waals surface area contributed by atoms with Gasteiger partial charge >= 0.3 is 0 Å². The fraction of sp³-hybridized carbons (Fsp3) is 0.0769. The van der Waals surface area contributed by atoms with Crippen LogP contribution in [0.25, 0.3) is 56.7 Å². The van der Waals surface area contributed by atoms with E-state index < -0.39 is 5.41 Å². The van der Waals surface area contributed by atoms with Gasteiger partial charge in [0.1, 0.15) is 0 Å². The minimum Gasteiger partial charge on any atom is -0.0985 e. The van der Waals surface area contributed by atoms with Crippen LogP contribution < -0.4 is 0 Å². The van der Waals surface area contributed by atoms with Gasteiger partial charge in [-0.15, -0.1) is 0 Å². The molecule has 1 aliphatic carbocycles. The van der Waals surface area contributed by atoms with Crippen molar-refractivity contribution in [3.63, 3.8) is 0 Å². The molecule has 0 atom stereocenters. The second kappa shape index (κ2) is 14.5. The molecule has 0 unspecified atom stereocenters. The molecule has 0 amide bonds. The molecule has 0 saturated heterocycles. The fourth-order valence-electron chi connectivity index (χ4n) is 8.17. The zero-order valence-electron chi connectivity index (χ0n) is 30.4. The highest BCUT2D eigenvalue weighted by atomic mass is 14.5. The quantitative estimate of drug-likeness (QED) is 0.127. The molecule has 0 aromatic heterocycles. The van der Waals surface area contributed by atoms with E-state index in [0.29, 0.717) is 0 Å². The molecule has 0 N–H and O–H groups in total. The summed E-state index contributed by atoms with van der Waals surface area (Å²) in [6.07, 6.45) is 14.5. The van der Waals surface area contributed by atoms with Crippen molar-refractivity contribution in [2.24, 2.45) is 0 Å². The molecule has 7 rings (SSSR count). The van der Waals surface area contributed by atoms with Gasteiger partial charge in [-0.05, 0) is 122 Å². The van der Waals surface area contributed by atoms with Gasteiger partial charge in [-0.1, -0.05) is 184 Å². The summed E-state index contributed by atoms with van der Waals surface area (Å²) in [6.45, 7) is 18.7. The first-order valence-electron chi connectivity index (χ1n) is 18.1. The largest absolute Gasteiger partial charge is 0.0985 e. The zero-order chi connectivity index (χ0) is 36.2. The van der Waals surface area contributed by atoms with Gasteiger partial charge in [0.25, 0.3) is 0 Å². The summed E-state index contributed by atoms with van der Waals surface area (Å²) in [6, 6.07) is 49.3. The Labute approximate surface area is 309 Å². The molecule has 0 heteroatoms. The Balaban J connectivity index is 1.57. The van der Waals surface area contributed by atoms with Crippen molar-refractivity contribution in [3.8, 4) is 33.4 Å². The van der Waals surface area contributed by atoms with Crippen molar-refractivity contribution in [2.75, 3.05) is 0 Å². The topological polar surface area (TPSA) is 0 Å². The molecule has 6 aromatic carbocycles. The number of benzene rings is 6. The van der Waals surface area contributed by atoms with E-state index in [4.69, 9.17) is 0 Å². The average Bonchev–Trinajstić information content (AvgIpc) is 3.50. The summed E-state index contributed by atoms with van der Waals surface area (Å²) in [5, 5.41) is 0. The van der Waals surface area contributed by atoms with Gasteiger partial charge in [-0.3, -0.25) is 0 Å². The minimum absolute atomic E-state index is 0.577. The second-order valence-corrected chi connectivity index (χ2v) is 13.2. The fourth-order valence-corrected chi connectivity index (χ4v) is 8.17. The lowest BCUT2D eigenvalue weighted by Gasteiger charge is -2.34. The van der Waals surface area contributed by atoms with Gasteiger partial charge in [0, 0.05) is 0 Å². The third-order valence-corrected chi connectivity index (χ3v) is 10.6. The molecule has 0 saturated carbocycles. The van der Waals surface area contributed by atoms with Gasteiger partial charge in [-0.2, -0.15) is 0 Å². The molecule has 6 aromatic rings. The van der Waals surface area contributed by atoms with Gasteiger partial charge in [0.2, 0.25) is 0 Å². The number of hydrogen-bond acceptors (Lipinski definition) is 0. The molecule has 0 fully saturated rings. The summed E-state index contributed by atoms with van der Waals surface area (Å²) in [5.41, 5.74) is 18.5. The Hall–Kier alpha value is -6.24. The molecule has 0 nitrogen and oxygen atoms in total. The normalized spacial score (nSPS) is 13.4. The van der Waals surface area contributed by atoms with Crippen molar-refractivity contribution < 1.29 is 0 Å². The van der Waals surface area contributed by atoms with Crippen LogP contribution >= 0.6 is 0 Å². The highest BCUT2D eigenvalue weighted by molar-refractivity contribution is 5.98. The first-order valence-corrected chi connectivity index (χ1v) is 18.1. The summed E-state index contributed by atoms with van der Waals surface area (Å²) >= 11 is 0. The van der Waals surface area contributed by atoms with E-state index in [1.54, 1.807) is 0 Å². The van der Waals surface area contributed by atoms with E-state index in [2.05, 4.69) is 204 Å². The van der Waals surface area contributed by atoms with E-state index in [9.17, 15) is 0 Å². The van der Waals surface area contributed by atoms with Crippen molar-refractivity contribution in [1.29, 1.82) is 0 Å². The second-order valence-electron chi connectivity index (χ2n) is 13.2. The molecule has 0 radical (unpaired) electrons. The Kier molecular flexibility index (Phi) is 9.57. The molecule has 0 spiro atoms. The molecule has 0 heterocycles. The Morgan fingerprint density at radius 1 is 0.500 bits per heavy atom. The molecule has 52 heavy (non-hydrogen) atoms. The van der Waals surface area contributed by atoms with Crippen LogP contribution in [0.5, 0.6) is 0 Å². The smallest absolute Gasteiger partial charge is 0.0714 e. The van der Waals surface area contributed by atoms with Crippen LogP contribution in [0.1, 0.15) is 65.3 Å². The lowest BCUT2D eigenvalue weighted by atomic mass is 9.66. The monoisotopic (exact) mass is 668 g/mol. The first kappa shape index (κ1) is 34.2. The number of rotatable bonds is 10. The van der Waals surface area contributed by atoms with Crippen molar-refractivity contribution in [3.05, 3.63) is 228 Å². The third kappa shape index (κ3) is 5.58. The van der Waals surface area contributed by atoms with Gasteiger partial charge in [0.15, 0.2) is 0 Å². The SMILES string of the molecule is C=C/C(=C\C)c1ccc(-c2ccc3c(c2)C(c2ccccc2)(c2ccccc2)c2cc(-c4ccc(/C(C=C)=C/C)cc4)c(/C=C\C)c(C=C)c2-3)cc1. The van der Waals surface area contributed by atoms with Crippen molar-refractivity contribution in [1.82, 2.24) is 0 Å². The van der Waals surface area contributed by atoms with E-state index in [0.717, 1.165) is 33.4 Å². The summed E-state index contributed by atoms with van der Waals surface area (Å²) in [4.78, 5) is 0. The maximum absolute atomic E-state index is 4.45. The van der Waals surface area contributed by atoms with Crippen LogP contribution in [-0.4, -0.2) is 0 Å². The van der Waals surface area contributed by atoms with Crippen molar-refractivity contribution >= 4 is 23.3 Å². The minimum atomic E-state index is -0.577. The van der Waals surface area contributed by atoms with E-state index in [1.807, 2.05) is 12.2 Å². The Bertz CT molecular complexity index is 2340. The van der Waals surface area contributed by atoms with Crippen LogP contribution in [0, 0.1) is 0 Å². The van der Waals surface area contributed by atoms with Gasteiger partial charge < -0.3 is 0 Å². The van der Waals surface area contributed by atoms with E-state index in [1.165, 1.54) is 55.6 Å². The van der Waals surface area contributed by atoms with E-state index >= 15 is 0 Å². The van der Waals surface area contributed by atoms with Crippen LogP contribution in [-0.2, 0) is 5.41 Å². The zero-order valence-corrected chi connectivity index (χ0v) is 30.4. The van der Waals surface area contributed by atoms with E-state index in [-0.39, 0.29) is 0 Å². The molecule has 252 valence electrons. The highest BCUT2D eigenvalue weighted by Crippen LogP contribution is 2.59. The molecule has 0 bridgehead atoms. The Morgan fingerprint density at radius 3 is 1.50 bits per heavy atom. The lowest BCUT2D eigenvalue weighted by molar-refractivity contribution is 0.769. The van der Waals surface area contributed by atoms with Gasteiger partial charge in [-0.25, -0.2) is 0 Å². The maximum atomic E-state index is 4.45. The van der Waals surface area contributed by atoms with Gasteiger partial charge in [0.05, 0.1) is 5.41 Å². The maximum Gasteiger partial charge on any atom is 0.0714 e. The summed E-state index contributed by atoms with van der Waals surface area (Å²) in [7, 11) is 0. The Morgan fingerprint density at radius 2 is 1.02 bits per heavy atom. The predicted molar refractivity (Wildman–Crippen MR) is 227 cm³/mol. The number of allylic oxidation sites excluding steroid dienone is 7. The van der Waals surface area contributed by atoms with Crippen LogP contribution in [0.3, 0.4) is 0 Å². The summed E-state index contributed by atoms with van der Waals surface area (Å²) < 4.78 is 0. The highest BCUT2D eigenvalue weighted by Gasteiger charge is 2.47. The van der Waals surface area contributed by atoms with Crippen molar-refractivity contribution in [2.45, 2.75) is 26.2 Å². The standard InChI is InChI=1S/C52H44/c1-7-19-46-45(12-6)51-47-33-32-42(40-26-24-38(25-27-40)36(8-2)9-3)34-49(47)52(43-20-15-13-16-21-43,44-22-17-14-18-23-44)50(51)35-48(46)41-30-28-39(29-31-41)37(10-4)11-5/h7-35H,2,4,6H2,1,3,5H3/b19-7-,36-9+,37-11+. The van der Waals surface area contributed by atoms with Crippen LogP contribution in [0.2, 0.25) is 0 Å². The van der Waals surface area contributed by atoms with Crippen LogP contribution in [0.4, 0.5) is 0 Å². The molecule has 1 aliphatic rings. The molecular formula is C52H44.